The van der Waals surface area contributed by atoms with Crippen LogP contribution in [-0.4, -0.2) is 27.2 Å². The maximum absolute atomic E-state index is 12.0. The molecule has 1 aliphatic rings. The molecule has 6 heteroatoms. The normalized spacial score (nSPS) is 17.9. The molecule has 0 aliphatic carbocycles. The molecule has 1 aromatic heterocycles. The summed E-state index contributed by atoms with van der Waals surface area (Å²) in [5, 5.41) is 11.7. The fraction of sp³-hybridized carbons (Fsp3) is 0.786. The number of fused-ring (bicyclic) bond motifs is 1. The monoisotopic (exact) mass is 279 g/mol. The molecule has 0 fully saturated rings. The molecule has 6 nitrogen and oxygen atoms in total. The first-order chi connectivity index (χ1) is 9.67. The van der Waals surface area contributed by atoms with Crippen molar-refractivity contribution in [1.29, 1.82) is 0 Å². The van der Waals surface area contributed by atoms with Crippen molar-refractivity contribution in [3.63, 3.8) is 0 Å². The zero-order valence-corrected chi connectivity index (χ0v) is 12.4. The number of nitrogens with one attached hydrogen (secondary N) is 1. The molecule has 0 saturated heterocycles. The van der Waals surface area contributed by atoms with E-state index in [1.165, 1.54) is 12.8 Å². The third-order valence-corrected chi connectivity index (χ3v) is 3.98. The van der Waals surface area contributed by atoms with Crippen LogP contribution in [0.15, 0.2) is 0 Å². The van der Waals surface area contributed by atoms with E-state index in [2.05, 4.69) is 27.0 Å². The van der Waals surface area contributed by atoms with Crippen LogP contribution in [0.5, 0.6) is 0 Å². The van der Waals surface area contributed by atoms with Crippen LogP contribution in [0.25, 0.3) is 0 Å². The van der Waals surface area contributed by atoms with E-state index in [0.717, 1.165) is 37.5 Å². The zero-order chi connectivity index (χ0) is 14.5. The lowest BCUT2D eigenvalue weighted by atomic mass is 10.1. The first-order valence-corrected chi connectivity index (χ1v) is 7.59. The van der Waals surface area contributed by atoms with Crippen molar-refractivity contribution in [3.8, 4) is 0 Å². The minimum absolute atomic E-state index is 0.00896. The van der Waals surface area contributed by atoms with Gasteiger partial charge in [-0.15, -0.1) is 10.2 Å². The molecular formula is C14H25N5O. The molecule has 0 aromatic carbocycles. The van der Waals surface area contributed by atoms with Crippen molar-refractivity contribution in [2.24, 2.45) is 11.7 Å². The van der Waals surface area contributed by atoms with Gasteiger partial charge in [0.05, 0.1) is 6.04 Å². The number of hydrogen-bond donors (Lipinski definition) is 2. The molecule has 2 rings (SSSR count). The van der Waals surface area contributed by atoms with Crippen LogP contribution in [0, 0.1) is 5.92 Å². The molecule has 112 valence electrons. The number of rotatable bonds is 5. The van der Waals surface area contributed by atoms with Crippen LogP contribution in [0.3, 0.4) is 0 Å². The summed E-state index contributed by atoms with van der Waals surface area (Å²) in [5.74, 6) is 1.76. The van der Waals surface area contributed by atoms with Gasteiger partial charge in [0, 0.05) is 25.4 Å². The van der Waals surface area contributed by atoms with Gasteiger partial charge in [-0.2, -0.15) is 0 Å². The Morgan fingerprint density at radius 3 is 2.90 bits per heavy atom. The number of hydrogen-bond acceptors (Lipinski definition) is 4. The van der Waals surface area contributed by atoms with Gasteiger partial charge in [0.2, 0.25) is 5.91 Å². The molecule has 1 aliphatic heterocycles. The van der Waals surface area contributed by atoms with Crippen molar-refractivity contribution in [1.82, 2.24) is 20.1 Å². The highest BCUT2D eigenvalue weighted by atomic mass is 16.1. The molecule has 0 saturated carbocycles. The number of carbonyl (C=O) groups excluding carboxylic acids is 1. The van der Waals surface area contributed by atoms with Crippen molar-refractivity contribution >= 4 is 5.91 Å². The average Bonchev–Trinajstić information content (AvgIpc) is 2.71. The molecule has 0 radical (unpaired) electrons. The summed E-state index contributed by atoms with van der Waals surface area (Å²) in [6.07, 6.45) is 5.35. The van der Waals surface area contributed by atoms with Gasteiger partial charge < -0.3 is 15.6 Å². The van der Waals surface area contributed by atoms with E-state index in [1.54, 1.807) is 0 Å². The van der Waals surface area contributed by atoms with Gasteiger partial charge >= 0.3 is 0 Å². The fourth-order valence-electron chi connectivity index (χ4n) is 2.54. The van der Waals surface area contributed by atoms with Gasteiger partial charge in [-0.1, -0.05) is 20.3 Å². The Bertz CT molecular complexity index is 456. The smallest absolute Gasteiger partial charge is 0.224 e. The van der Waals surface area contributed by atoms with Crippen LogP contribution >= 0.6 is 0 Å². The zero-order valence-electron chi connectivity index (χ0n) is 12.4. The molecule has 1 aromatic rings. The lowest BCUT2D eigenvalue weighted by Crippen LogP contribution is -2.36. The largest absolute Gasteiger partial charge is 0.346 e. The van der Waals surface area contributed by atoms with E-state index >= 15 is 0 Å². The van der Waals surface area contributed by atoms with Crippen LogP contribution < -0.4 is 11.1 Å². The Morgan fingerprint density at radius 2 is 2.20 bits per heavy atom. The maximum Gasteiger partial charge on any atom is 0.224 e. The van der Waals surface area contributed by atoms with Gasteiger partial charge in [-0.05, 0) is 19.3 Å². The quantitative estimate of drug-likeness (QED) is 0.847. The van der Waals surface area contributed by atoms with Crippen molar-refractivity contribution in [3.05, 3.63) is 11.6 Å². The third-order valence-electron chi connectivity index (χ3n) is 3.98. The standard InChI is InChI=1S/C14H25N5O/c1-3-11(16-14(20)10(2)9-15)13-18-17-12-7-5-4-6-8-19(12)13/h10-11H,3-9,15H2,1-2H3,(H,16,20). The van der Waals surface area contributed by atoms with Crippen LogP contribution in [0.4, 0.5) is 0 Å². The highest BCUT2D eigenvalue weighted by Gasteiger charge is 2.23. The number of nitrogens with zero attached hydrogens (tertiary/aromatic N) is 3. The molecule has 2 unspecified atom stereocenters. The van der Waals surface area contributed by atoms with E-state index in [1.807, 2.05) is 6.92 Å². The molecule has 2 atom stereocenters. The summed E-state index contributed by atoms with van der Waals surface area (Å²) in [6.45, 7) is 5.21. The molecule has 0 bridgehead atoms. The highest BCUT2D eigenvalue weighted by Crippen LogP contribution is 2.21. The second-order valence-electron chi connectivity index (χ2n) is 5.54. The van der Waals surface area contributed by atoms with E-state index in [4.69, 9.17) is 5.73 Å². The van der Waals surface area contributed by atoms with E-state index < -0.39 is 0 Å². The summed E-state index contributed by atoms with van der Waals surface area (Å²) in [6, 6.07) is -0.0733. The summed E-state index contributed by atoms with van der Waals surface area (Å²) in [7, 11) is 0. The number of amides is 1. The second-order valence-corrected chi connectivity index (χ2v) is 5.54. The lowest BCUT2D eigenvalue weighted by Gasteiger charge is -2.19. The summed E-state index contributed by atoms with van der Waals surface area (Å²) in [4.78, 5) is 12.0. The van der Waals surface area contributed by atoms with E-state index in [0.29, 0.717) is 6.54 Å². The summed E-state index contributed by atoms with van der Waals surface area (Å²) < 4.78 is 2.19. The number of nitrogens with two attached hydrogens (primary N) is 1. The van der Waals surface area contributed by atoms with Gasteiger partial charge in [-0.3, -0.25) is 4.79 Å². The Labute approximate surface area is 120 Å². The average molecular weight is 279 g/mol. The number of aromatic nitrogens is 3. The van der Waals surface area contributed by atoms with Crippen molar-refractivity contribution in [2.75, 3.05) is 6.54 Å². The third kappa shape index (κ3) is 3.17. The van der Waals surface area contributed by atoms with Crippen molar-refractivity contribution < 1.29 is 4.79 Å². The highest BCUT2D eigenvalue weighted by molar-refractivity contribution is 5.78. The van der Waals surface area contributed by atoms with Gasteiger partial charge in [0.25, 0.3) is 0 Å². The molecule has 20 heavy (non-hydrogen) atoms. The molecule has 1 amide bonds. The fourth-order valence-corrected chi connectivity index (χ4v) is 2.54. The van der Waals surface area contributed by atoms with Crippen LogP contribution in [-0.2, 0) is 17.8 Å². The van der Waals surface area contributed by atoms with Crippen LogP contribution in [0.1, 0.15) is 57.2 Å². The molecule has 3 N–H and O–H groups in total. The Kier molecular flexibility index (Phi) is 5.11. The minimum Gasteiger partial charge on any atom is -0.346 e. The number of carbonyl (C=O) groups is 1. The molecule has 0 spiro atoms. The number of aryl methyl sites for hydroxylation is 1. The SMILES string of the molecule is CCC(NC(=O)C(C)CN)c1nnc2n1CCCCC2. The van der Waals surface area contributed by atoms with E-state index in [9.17, 15) is 4.79 Å². The second kappa shape index (κ2) is 6.83. The summed E-state index contributed by atoms with van der Waals surface area (Å²) >= 11 is 0. The van der Waals surface area contributed by atoms with Gasteiger partial charge in [0.1, 0.15) is 5.82 Å². The molecule has 2 heterocycles. The maximum atomic E-state index is 12.0. The minimum atomic E-state index is -0.171. The van der Waals surface area contributed by atoms with Gasteiger partial charge in [0.15, 0.2) is 5.82 Å². The predicted octanol–water partition coefficient (Wildman–Crippen LogP) is 1.17. The Morgan fingerprint density at radius 1 is 1.40 bits per heavy atom. The first-order valence-electron chi connectivity index (χ1n) is 7.59. The van der Waals surface area contributed by atoms with Gasteiger partial charge in [-0.25, -0.2) is 0 Å². The Hall–Kier alpha value is -1.43. The van der Waals surface area contributed by atoms with Crippen molar-refractivity contribution in [2.45, 2.75) is 58.5 Å². The topological polar surface area (TPSA) is 85.8 Å². The predicted molar refractivity (Wildman–Crippen MR) is 77.0 cm³/mol. The Balaban J connectivity index is 2.15. The first kappa shape index (κ1) is 15.0. The summed E-state index contributed by atoms with van der Waals surface area (Å²) in [5.41, 5.74) is 5.55. The van der Waals surface area contributed by atoms with Crippen LogP contribution in [0.2, 0.25) is 0 Å². The lowest BCUT2D eigenvalue weighted by molar-refractivity contribution is -0.125. The molecular weight excluding hydrogens is 254 g/mol. The van der Waals surface area contributed by atoms with E-state index in [-0.39, 0.29) is 17.9 Å².